The van der Waals surface area contributed by atoms with Gasteiger partial charge in [0.15, 0.2) is 5.82 Å². The summed E-state index contributed by atoms with van der Waals surface area (Å²) in [7, 11) is 4.04. The standard InChI is InChI=1S/C14H19N5S/c1-4-5-13-16-17-14(20)19(13)15-10-11-6-8-12(9-7-11)18(2)3/h6-10H,4-5H2,1-3H3,(H,17,20)/b15-10+. The Hall–Kier alpha value is -1.95. The van der Waals surface area contributed by atoms with Crippen molar-refractivity contribution in [1.29, 1.82) is 0 Å². The van der Waals surface area contributed by atoms with E-state index in [1.54, 1.807) is 10.9 Å². The van der Waals surface area contributed by atoms with Crippen LogP contribution in [0.2, 0.25) is 0 Å². The molecule has 1 N–H and O–H groups in total. The molecule has 0 unspecified atom stereocenters. The number of H-pyrrole nitrogens is 1. The molecule has 0 aliphatic rings. The summed E-state index contributed by atoms with van der Waals surface area (Å²) in [6.07, 6.45) is 3.65. The van der Waals surface area contributed by atoms with E-state index in [0.717, 1.165) is 29.9 Å². The Balaban J connectivity index is 2.21. The molecule has 0 aliphatic carbocycles. The SMILES string of the molecule is CCCc1n[nH]c(=S)n1/N=C/c1ccc(N(C)C)cc1. The fourth-order valence-corrected chi connectivity index (χ4v) is 2.01. The molecule has 0 saturated carbocycles. The molecule has 1 aromatic heterocycles. The average molecular weight is 289 g/mol. The predicted octanol–water partition coefficient (Wildman–Crippen LogP) is 2.84. The van der Waals surface area contributed by atoms with Crippen LogP contribution in [0.3, 0.4) is 0 Å². The average Bonchev–Trinajstić information content (AvgIpc) is 2.78. The maximum Gasteiger partial charge on any atom is 0.216 e. The summed E-state index contributed by atoms with van der Waals surface area (Å²) in [5, 5.41) is 11.4. The lowest BCUT2D eigenvalue weighted by Gasteiger charge is -2.11. The molecule has 0 aliphatic heterocycles. The Labute approximate surface area is 123 Å². The van der Waals surface area contributed by atoms with Crippen LogP contribution >= 0.6 is 12.2 Å². The largest absolute Gasteiger partial charge is 0.378 e. The molecule has 0 bridgehead atoms. The molecular weight excluding hydrogens is 270 g/mol. The molecule has 0 radical (unpaired) electrons. The van der Waals surface area contributed by atoms with E-state index in [2.05, 4.69) is 39.3 Å². The molecule has 6 heteroatoms. The van der Waals surface area contributed by atoms with Gasteiger partial charge >= 0.3 is 0 Å². The smallest absolute Gasteiger partial charge is 0.216 e. The Morgan fingerprint density at radius 1 is 1.35 bits per heavy atom. The number of anilines is 1. The number of hydrogen-bond acceptors (Lipinski definition) is 4. The third kappa shape index (κ3) is 3.33. The van der Waals surface area contributed by atoms with E-state index in [9.17, 15) is 0 Å². The Morgan fingerprint density at radius 3 is 2.65 bits per heavy atom. The Kier molecular flexibility index (Phi) is 4.68. The highest BCUT2D eigenvalue weighted by Gasteiger charge is 2.03. The Bertz CT molecular complexity index is 636. The number of nitrogens with one attached hydrogen (secondary N) is 1. The first-order valence-electron chi connectivity index (χ1n) is 6.60. The number of aryl methyl sites for hydroxylation is 1. The molecule has 20 heavy (non-hydrogen) atoms. The van der Waals surface area contributed by atoms with Crippen molar-refractivity contribution in [2.75, 3.05) is 19.0 Å². The van der Waals surface area contributed by atoms with Gasteiger partial charge in [0.1, 0.15) is 0 Å². The minimum atomic E-state index is 0.523. The first kappa shape index (κ1) is 14.5. The maximum absolute atomic E-state index is 5.18. The van der Waals surface area contributed by atoms with E-state index in [-0.39, 0.29) is 0 Å². The third-order valence-corrected chi connectivity index (χ3v) is 3.19. The van der Waals surface area contributed by atoms with Crippen molar-refractivity contribution in [3.8, 4) is 0 Å². The summed E-state index contributed by atoms with van der Waals surface area (Å²) in [6, 6.07) is 8.18. The summed E-state index contributed by atoms with van der Waals surface area (Å²) in [6.45, 7) is 2.10. The monoisotopic (exact) mass is 289 g/mol. The van der Waals surface area contributed by atoms with Gasteiger partial charge in [-0.25, -0.2) is 0 Å². The highest BCUT2D eigenvalue weighted by atomic mass is 32.1. The maximum atomic E-state index is 5.18. The summed E-state index contributed by atoms with van der Waals surface area (Å²) >= 11 is 5.18. The van der Waals surface area contributed by atoms with Gasteiger partial charge in [-0.2, -0.15) is 14.9 Å². The van der Waals surface area contributed by atoms with Gasteiger partial charge in [-0.1, -0.05) is 19.1 Å². The molecule has 106 valence electrons. The summed E-state index contributed by atoms with van der Waals surface area (Å²) in [5.74, 6) is 0.860. The van der Waals surface area contributed by atoms with Crippen LogP contribution in [-0.4, -0.2) is 35.2 Å². The van der Waals surface area contributed by atoms with Crippen LogP contribution in [0.15, 0.2) is 29.4 Å². The van der Waals surface area contributed by atoms with Gasteiger partial charge in [-0.05, 0) is 36.3 Å². The van der Waals surface area contributed by atoms with Crippen molar-refractivity contribution >= 4 is 24.1 Å². The first-order chi connectivity index (χ1) is 9.61. The summed E-state index contributed by atoms with van der Waals surface area (Å²) in [4.78, 5) is 2.06. The first-order valence-corrected chi connectivity index (χ1v) is 7.00. The van der Waals surface area contributed by atoms with Crippen molar-refractivity contribution in [3.05, 3.63) is 40.4 Å². The van der Waals surface area contributed by atoms with Crippen molar-refractivity contribution in [2.45, 2.75) is 19.8 Å². The van der Waals surface area contributed by atoms with Crippen LogP contribution in [0.5, 0.6) is 0 Å². The number of hydrogen-bond donors (Lipinski definition) is 1. The van der Waals surface area contributed by atoms with Gasteiger partial charge < -0.3 is 4.90 Å². The summed E-state index contributed by atoms with van der Waals surface area (Å²) < 4.78 is 2.20. The van der Waals surface area contributed by atoms with Gasteiger partial charge in [0, 0.05) is 26.2 Å². The van der Waals surface area contributed by atoms with Crippen LogP contribution in [0.25, 0.3) is 0 Å². The van der Waals surface area contributed by atoms with Gasteiger partial charge in [0.25, 0.3) is 0 Å². The second-order valence-electron chi connectivity index (χ2n) is 4.74. The zero-order valence-corrected chi connectivity index (χ0v) is 12.8. The lowest BCUT2D eigenvalue weighted by molar-refractivity contribution is 0.740. The number of aromatic nitrogens is 3. The molecule has 5 nitrogen and oxygen atoms in total. The van der Waals surface area contributed by atoms with Gasteiger partial charge in [0.2, 0.25) is 4.77 Å². The lowest BCUT2D eigenvalue weighted by Crippen LogP contribution is -2.08. The molecule has 0 atom stereocenters. The normalized spacial score (nSPS) is 11.2. The van der Waals surface area contributed by atoms with Crippen molar-refractivity contribution in [2.24, 2.45) is 5.10 Å². The van der Waals surface area contributed by atoms with Gasteiger partial charge in [0.05, 0.1) is 6.21 Å². The van der Waals surface area contributed by atoms with E-state index >= 15 is 0 Å². The molecule has 2 rings (SSSR count). The molecular formula is C14H19N5S. The van der Waals surface area contributed by atoms with Crippen LogP contribution in [0.4, 0.5) is 5.69 Å². The van der Waals surface area contributed by atoms with Crippen LogP contribution < -0.4 is 4.90 Å². The molecule has 1 aromatic carbocycles. The quantitative estimate of drug-likeness (QED) is 0.680. The second-order valence-corrected chi connectivity index (χ2v) is 5.12. The molecule has 0 spiro atoms. The van der Waals surface area contributed by atoms with Gasteiger partial charge in [-0.3, -0.25) is 5.10 Å². The lowest BCUT2D eigenvalue weighted by atomic mass is 10.2. The molecule has 0 fully saturated rings. The highest BCUT2D eigenvalue weighted by Crippen LogP contribution is 2.11. The highest BCUT2D eigenvalue weighted by molar-refractivity contribution is 7.71. The van der Waals surface area contributed by atoms with Crippen molar-refractivity contribution in [1.82, 2.24) is 14.9 Å². The molecule has 2 aromatic rings. The Morgan fingerprint density at radius 2 is 2.05 bits per heavy atom. The van der Waals surface area contributed by atoms with Crippen LogP contribution in [0.1, 0.15) is 24.7 Å². The topological polar surface area (TPSA) is 49.2 Å². The molecule has 0 amide bonds. The van der Waals surface area contributed by atoms with Crippen molar-refractivity contribution in [3.63, 3.8) is 0 Å². The van der Waals surface area contributed by atoms with E-state index in [1.165, 1.54) is 0 Å². The zero-order valence-electron chi connectivity index (χ0n) is 12.0. The minimum absolute atomic E-state index is 0.523. The van der Waals surface area contributed by atoms with Crippen LogP contribution in [0, 0.1) is 4.77 Å². The number of nitrogens with zero attached hydrogens (tertiary/aromatic N) is 4. The van der Waals surface area contributed by atoms with E-state index in [4.69, 9.17) is 12.2 Å². The van der Waals surface area contributed by atoms with E-state index in [0.29, 0.717) is 4.77 Å². The van der Waals surface area contributed by atoms with Crippen molar-refractivity contribution < 1.29 is 0 Å². The minimum Gasteiger partial charge on any atom is -0.378 e. The second kappa shape index (κ2) is 6.47. The predicted molar refractivity (Wildman–Crippen MR) is 85.2 cm³/mol. The number of aromatic amines is 1. The fraction of sp³-hybridized carbons (Fsp3) is 0.357. The zero-order chi connectivity index (χ0) is 14.5. The van der Waals surface area contributed by atoms with E-state index in [1.807, 2.05) is 26.2 Å². The molecule has 0 saturated heterocycles. The summed E-state index contributed by atoms with van der Waals surface area (Å²) in [5.41, 5.74) is 2.19. The fourth-order valence-electron chi connectivity index (χ4n) is 1.81. The number of benzene rings is 1. The number of rotatable bonds is 5. The molecule has 1 heterocycles. The van der Waals surface area contributed by atoms with E-state index < -0.39 is 0 Å². The van der Waals surface area contributed by atoms with Gasteiger partial charge in [-0.15, -0.1) is 0 Å². The third-order valence-electron chi connectivity index (χ3n) is 2.92. The van der Waals surface area contributed by atoms with Crippen LogP contribution in [-0.2, 0) is 6.42 Å².